The number of benzene rings is 2. The van der Waals surface area contributed by atoms with E-state index in [4.69, 9.17) is 21.3 Å². The van der Waals surface area contributed by atoms with Crippen LogP contribution in [0.2, 0.25) is 0 Å². The van der Waals surface area contributed by atoms with E-state index in [1.54, 1.807) is 6.07 Å². The second-order valence-electron chi connectivity index (χ2n) is 7.60. The van der Waals surface area contributed by atoms with Crippen molar-refractivity contribution in [3.05, 3.63) is 94.6 Å². The molecule has 30 heavy (non-hydrogen) atoms. The second kappa shape index (κ2) is 8.00. The van der Waals surface area contributed by atoms with Gasteiger partial charge in [0, 0.05) is 17.3 Å². The Hall–Kier alpha value is -3.65. The first-order chi connectivity index (χ1) is 14.8. The lowest BCUT2D eigenvalue weighted by Gasteiger charge is -2.15. The largest absolute Gasteiger partial charge is 0.500 e. The zero-order valence-electron chi connectivity index (χ0n) is 16.6. The Morgan fingerprint density at radius 1 is 1.03 bits per heavy atom. The van der Waals surface area contributed by atoms with E-state index in [1.165, 1.54) is 11.1 Å². The van der Waals surface area contributed by atoms with Crippen LogP contribution in [0.4, 0.5) is 17.3 Å². The molecule has 2 aliphatic rings. The van der Waals surface area contributed by atoms with Gasteiger partial charge in [-0.15, -0.1) is 0 Å². The summed E-state index contributed by atoms with van der Waals surface area (Å²) >= 11 is 0. The molecule has 2 heterocycles. The molecule has 0 saturated carbocycles. The minimum Gasteiger partial charge on any atom is -0.500 e. The third-order valence-corrected chi connectivity index (χ3v) is 5.73. The first-order valence-electron chi connectivity index (χ1n) is 10.3. The van der Waals surface area contributed by atoms with E-state index < -0.39 is 0 Å². The number of anilines is 2. The number of nitrogens with one attached hydrogen (secondary N) is 1. The zero-order valence-corrected chi connectivity index (χ0v) is 16.6. The number of aromatic nitrogens is 2. The highest BCUT2D eigenvalue weighted by Gasteiger charge is 2.29. The Morgan fingerprint density at radius 2 is 1.93 bits per heavy atom. The van der Waals surface area contributed by atoms with E-state index in [2.05, 4.69) is 46.6 Å². The first kappa shape index (κ1) is 18.4. The second-order valence-corrected chi connectivity index (χ2v) is 7.60. The zero-order chi connectivity index (χ0) is 20.3. The molecular formula is C25H22N4O. The van der Waals surface area contributed by atoms with Crippen molar-refractivity contribution in [1.82, 2.24) is 9.97 Å². The highest BCUT2D eigenvalue weighted by atomic mass is 16.5. The van der Waals surface area contributed by atoms with Gasteiger partial charge in [0.15, 0.2) is 0 Å². The van der Waals surface area contributed by atoms with E-state index in [0.717, 1.165) is 42.8 Å². The molecule has 0 spiro atoms. The van der Waals surface area contributed by atoms with Gasteiger partial charge in [0.25, 0.3) is 0 Å². The molecule has 1 atom stereocenters. The summed E-state index contributed by atoms with van der Waals surface area (Å²) in [5, 5.41) is 3.35. The third kappa shape index (κ3) is 3.53. The molecule has 2 aromatic carbocycles. The maximum Gasteiger partial charge on any atom is 0.228 e. The van der Waals surface area contributed by atoms with Gasteiger partial charge in [0.2, 0.25) is 11.6 Å². The Balaban J connectivity index is 1.59. The number of nitrogens with zero attached hydrogens (tertiary/aromatic N) is 3. The van der Waals surface area contributed by atoms with Gasteiger partial charge in [-0.3, -0.25) is 0 Å². The lowest BCUT2D eigenvalue weighted by molar-refractivity contribution is 0.365. The van der Waals surface area contributed by atoms with E-state index in [-0.39, 0.29) is 0 Å². The molecule has 3 aromatic rings. The van der Waals surface area contributed by atoms with E-state index in [1.807, 2.05) is 18.2 Å². The third-order valence-electron chi connectivity index (χ3n) is 5.73. The van der Waals surface area contributed by atoms with Gasteiger partial charge in [-0.05, 0) is 48.9 Å². The molecular weight excluding hydrogens is 372 g/mol. The predicted octanol–water partition coefficient (Wildman–Crippen LogP) is 5.73. The van der Waals surface area contributed by atoms with E-state index >= 15 is 0 Å². The molecule has 1 N–H and O–H groups in total. The van der Waals surface area contributed by atoms with Crippen LogP contribution in [0.15, 0.2) is 60.7 Å². The summed E-state index contributed by atoms with van der Waals surface area (Å²) in [6, 6.07) is 16.1. The van der Waals surface area contributed by atoms with Gasteiger partial charge < -0.3 is 10.1 Å². The summed E-state index contributed by atoms with van der Waals surface area (Å²) < 4.78 is 5.81. The number of allylic oxidation sites excluding steroid dienone is 1. The maximum atomic E-state index is 7.37. The molecule has 0 amide bonds. The van der Waals surface area contributed by atoms with Gasteiger partial charge >= 0.3 is 0 Å². The molecule has 1 aliphatic carbocycles. The SMILES string of the molecule is [C-]#[N+]c1ccc2cc1OC/C=C\CCc1nc(nc3c1CCC3c1ccccc1)N2. The van der Waals surface area contributed by atoms with Crippen molar-refractivity contribution < 1.29 is 4.74 Å². The number of hydrogen-bond acceptors (Lipinski definition) is 4. The standard InChI is InChI=1S/C25H22N4O/c1-26-22-14-11-18-16-23(22)30-15-7-3-6-10-21-20-13-12-19(17-8-4-2-5-9-17)24(20)29-25(27-18)28-21/h2-5,7-9,11,14,16,19H,6,10,12-13,15H2,(H,27,28,29)/b7-3-. The normalized spacial score (nSPS) is 18.4. The Labute approximate surface area is 176 Å². The molecule has 148 valence electrons. The molecule has 0 fully saturated rings. The Kier molecular flexibility index (Phi) is 4.90. The summed E-state index contributed by atoms with van der Waals surface area (Å²) in [5.41, 5.74) is 6.20. The van der Waals surface area contributed by atoms with Crippen molar-refractivity contribution in [3.8, 4) is 5.75 Å². The minimum atomic E-state index is 0.304. The highest BCUT2D eigenvalue weighted by molar-refractivity contribution is 5.67. The molecule has 1 aliphatic heterocycles. The lowest BCUT2D eigenvalue weighted by atomic mass is 9.96. The fourth-order valence-corrected chi connectivity index (χ4v) is 4.28. The fraction of sp³-hybridized carbons (Fsp3) is 0.240. The van der Waals surface area contributed by atoms with Crippen LogP contribution >= 0.6 is 0 Å². The monoisotopic (exact) mass is 394 g/mol. The molecule has 0 saturated heterocycles. The summed E-state index contributed by atoms with van der Waals surface area (Å²) in [6.45, 7) is 7.82. The van der Waals surface area contributed by atoms with Gasteiger partial charge in [0.05, 0.1) is 12.3 Å². The summed E-state index contributed by atoms with van der Waals surface area (Å²) in [6.07, 6.45) is 8.00. The average Bonchev–Trinajstić information content (AvgIpc) is 3.20. The number of aryl methyl sites for hydroxylation is 1. The van der Waals surface area contributed by atoms with Crippen LogP contribution in [-0.2, 0) is 12.8 Å². The molecule has 4 bridgehead atoms. The van der Waals surface area contributed by atoms with Crippen molar-refractivity contribution in [2.75, 3.05) is 11.9 Å². The van der Waals surface area contributed by atoms with Gasteiger partial charge in [-0.25, -0.2) is 14.8 Å². The highest BCUT2D eigenvalue weighted by Crippen LogP contribution is 2.39. The number of fused-ring (bicyclic) bond motifs is 6. The molecule has 1 aromatic heterocycles. The Bertz CT molecular complexity index is 1150. The van der Waals surface area contributed by atoms with Crippen LogP contribution in [-0.4, -0.2) is 16.6 Å². The maximum absolute atomic E-state index is 7.37. The smallest absolute Gasteiger partial charge is 0.228 e. The van der Waals surface area contributed by atoms with Crippen LogP contribution in [0.5, 0.6) is 5.75 Å². The summed E-state index contributed by atoms with van der Waals surface area (Å²) in [5.74, 6) is 1.48. The fourth-order valence-electron chi connectivity index (χ4n) is 4.28. The number of rotatable bonds is 1. The van der Waals surface area contributed by atoms with Crippen molar-refractivity contribution >= 4 is 17.3 Å². The minimum absolute atomic E-state index is 0.304. The summed E-state index contributed by atoms with van der Waals surface area (Å²) in [4.78, 5) is 13.4. The average molecular weight is 394 g/mol. The van der Waals surface area contributed by atoms with Crippen molar-refractivity contribution in [1.29, 1.82) is 0 Å². The Morgan fingerprint density at radius 3 is 2.80 bits per heavy atom. The van der Waals surface area contributed by atoms with Crippen LogP contribution < -0.4 is 10.1 Å². The topological polar surface area (TPSA) is 51.4 Å². The van der Waals surface area contributed by atoms with Gasteiger partial charge in [0.1, 0.15) is 12.4 Å². The predicted molar refractivity (Wildman–Crippen MR) is 118 cm³/mol. The van der Waals surface area contributed by atoms with Crippen molar-refractivity contribution in [2.45, 2.75) is 31.6 Å². The van der Waals surface area contributed by atoms with Crippen LogP contribution in [0.25, 0.3) is 4.85 Å². The van der Waals surface area contributed by atoms with Gasteiger partial charge in [-0.1, -0.05) is 48.6 Å². The van der Waals surface area contributed by atoms with Crippen molar-refractivity contribution in [3.63, 3.8) is 0 Å². The molecule has 5 nitrogen and oxygen atoms in total. The molecule has 0 radical (unpaired) electrons. The van der Waals surface area contributed by atoms with Crippen LogP contribution in [0, 0.1) is 6.57 Å². The number of hydrogen-bond donors (Lipinski definition) is 1. The lowest BCUT2D eigenvalue weighted by Crippen LogP contribution is -2.08. The number of ether oxygens (including phenoxy) is 1. The van der Waals surface area contributed by atoms with E-state index in [0.29, 0.717) is 29.9 Å². The van der Waals surface area contributed by atoms with Crippen LogP contribution in [0.1, 0.15) is 41.3 Å². The van der Waals surface area contributed by atoms with Crippen LogP contribution in [0.3, 0.4) is 0 Å². The quantitative estimate of drug-likeness (QED) is 0.423. The molecule has 5 rings (SSSR count). The first-order valence-corrected chi connectivity index (χ1v) is 10.3. The molecule has 1 unspecified atom stereocenters. The van der Waals surface area contributed by atoms with Crippen molar-refractivity contribution in [2.24, 2.45) is 0 Å². The van der Waals surface area contributed by atoms with Gasteiger partial charge in [-0.2, -0.15) is 0 Å². The van der Waals surface area contributed by atoms with E-state index in [9.17, 15) is 0 Å². The molecule has 5 heteroatoms. The summed E-state index contributed by atoms with van der Waals surface area (Å²) in [7, 11) is 0.